The number of rotatable bonds is 5. The molecule has 3 aromatic carbocycles. The second-order valence-electron chi connectivity index (χ2n) is 7.28. The molecule has 1 heterocycles. The van der Waals surface area contributed by atoms with Crippen molar-refractivity contribution in [3.63, 3.8) is 0 Å². The Kier molecular flexibility index (Phi) is 5.85. The van der Waals surface area contributed by atoms with E-state index in [2.05, 4.69) is 4.99 Å². The molecular formula is C26H22N2O4. The van der Waals surface area contributed by atoms with Crippen LogP contribution in [0.2, 0.25) is 0 Å². The van der Waals surface area contributed by atoms with E-state index >= 15 is 0 Å². The van der Waals surface area contributed by atoms with Gasteiger partial charge in [-0.1, -0.05) is 42.0 Å². The second kappa shape index (κ2) is 8.89. The summed E-state index contributed by atoms with van der Waals surface area (Å²) in [4.78, 5) is 31.3. The van der Waals surface area contributed by atoms with E-state index < -0.39 is 5.97 Å². The molecule has 0 fully saturated rings. The first-order chi connectivity index (χ1) is 15.5. The highest BCUT2D eigenvalue weighted by molar-refractivity contribution is 6.33. The number of aliphatic imine (C=N–C) groups is 1. The van der Waals surface area contributed by atoms with E-state index in [9.17, 15) is 9.59 Å². The van der Waals surface area contributed by atoms with Gasteiger partial charge in [-0.05, 0) is 55.0 Å². The molecule has 0 spiro atoms. The zero-order valence-electron chi connectivity index (χ0n) is 18.0. The van der Waals surface area contributed by atoms with Gasteiger partial charge in [-0.25, -0.2) is 9.79 Å². The molecule has 32 heavy (non-hydrogen) atoms. The number of ether oxygens (including phenoxy) is 2. The fourth-order valence-corrected chi connectivity index (χ4v) is 3.37. The van der Waals surface area contributed by atoms with Crippen LogP contribution in [0.4, 0.5) is 5.69 Å². The Morgan fingerprint density at radius 1 is 0.906 bits per heavy atom. The highest BCUT2D eigenvalue weighted by Gasteiger charge is 2.32. The average Bonchev–Trinajstić information content (AvgIpc) is 3.15. The van der Waals surface area contributed by atoms with Crippen LogP contribution < -0.4 is 9.64 Å². The lowest BCUT2D eigenvalue weighted by Gasteiger charge is -2.19. The maximum atomic E-state index is 13.4. The Bertz CT molecular complexity index is 1210. The van der Waals surface area contributed by atoms with Gasteiger partial charge < -0.3 is 9.47 Å². The molecular weight excluding hydrogens is 404 g/mol. The number of benzene rings is 3. The van der Waals surface area contributed by atoms with Crippen molar-refractivity contribution in [3.8, 4) is 5.75 Å². The van der Waals surface area contributed by atoms with Gasteiger partial charge in [0.05, 0.1) is 25.5 Å². The summed E-state index contributed by atoms with van der Waals surface area (Å²) in [5.74, 6) is 0.613. The Morgan fingerprint density at radius 3 is 2.16 bits per heavy atom. The van der Waals surface area contributed by atoms with Gasteiger partial charge in [0.1, 0.15) is 17.3 Å². The summed E-state index contributed by atoms with van der Waals surface area (Å²) in [7, 11) is 2.94. The average molecular weight is 426 g/mol. The Morgan fingerprint density at radius 2 is 1.56 bits per heavy atom. The second-order valence-corrected chi connectivity index (χ2v) is 7.28. The summed E-state index contributed by atoms with van der Waals surface area (Å²) in [6.07, 6.45) is 1.71. The van der Waals surface area contributed by atoms with Gasteiger partial charge in [0.15, 0.2) is 0 Å². The van der Waals surface area contributed by atoms with Crippen LogP contribution in [-0.4, -0.2) is 31.9 Å². The molecule has 1 aliphatic heterocycles. The van der Waals surface area contributed by atoms with Gasteiger partial charge in [-0.3, -0.25) is 9.69 Å². The molecule has 1 aliphatic rings. The zero-order chi connectivity index (χ0) is 22.7. The number of hydrogen-bond acceptors (Lipinski definition) is 5. The molecule has 0 saturated carbocycles. The third-order valence-electron chi connectivity index (χ3n) is 5.14. The molecule has 0 bridgehead atoms. The molecule has 0 unspecified atom stereocenters. The maximum Gasteiger partial charge on any atom is 0.337 e. The molecule has 0 saturated heterocycles. The first kappa shape index (κ1) is 21.1. The highest BCUT2D eigenvalue weighted by atomic mass is 16.5. The molecule has 1 amide bonds. The fourth-order valence-electron chi connectivity index (χ4n) is 3.37. The Balaban J connectivity index is 1.74. The van der Waals surface area contributed by atoms with Crippen LogP contribution >= 0.6 is 0 Å². The fraction of sp³-hybridized carbons (Fsp3) is 0.115. The van der Waals surface area contributed by atoms with Crippen LogP contribution in [-0.2, 0) is 9.53 Å². The molecule has 160 valence electrons. The van der Waals surface area contributed by atoms with E-state index in [4.69, 9.17) is 9.47 Å². The van der Waals surface area contributed by atoms with E-state index in [0.29, 0.717) is 28.5 Å². The Hall–Kier alpha value is -4.19. The van der Waals surface area contributed by atoms with Gasteiger partial charge in [-0.15, -0.1) is 0 Å². The zero-order valence-corrected chi connectivity index (χ0v) is 18.0. The van der Waals surface area contributed by atoms with E-state index in [1.54, 1.807) is 42.4 Å². The SMILES string of the molecule is COC(=O)c1ccc(C=C2N=C(c3ccc(C)cc3)N(c3ccc(OC)cc3)C2=O)cc1. The monoisotopic (exact) mass is 426 g/mol. The van der Waals surface area contributed by atoms with E-state index in [0.717, 1.165) is 16.7 Å². The van der Waals surface area contributed by atoms with Crippen molar-refractivity contribution in [2.24, 2.45) is 4.99 Å². The lowest BCUT2D eigenvalue weighted by atomic mass is 10.1. The molecule has 0 aromatic heterocycles. The minimum Gasteiger partial charge on any atom is -0.497 e. The maximum absolute atomic E-state index is 13.4. The number of anilines is 1. The minimum atomic E-state index is -0.411. The van der Waals surface area contributed by atoms with Crippen LogP contribution in [0.3, 0.4) is 0 Å². The summed E-state index contributed by atoms with van der Waals surface area (Å²) < 4.78 is 9.97. The molecule has 4 rings (SSSR count). The Labute approximate surface area is 186 Å². The number of amidine groups is 1. The van der Waals surface area contributed by atoms with Crippen molar-refractivity contribution in [2.75, 3.05) is 19.1 Å². The largest absolute Gasteiger partial charge is 0.497 e. The summed E-state index contributed by atoms with van der Waals surface area (Å²) in [6, 6.07) is 22.0. The number of aryl methyl sites for hydroxylation is 1. The summed E-state index contributed by atoms with van der Waals surface area (Å²) in [5, 5.41) is 0. The van der Waals surface area contributed by atoms with Gasteiger partial charge >= 0.3 is 5.97 Å². The van der Waals surface area contributed by atoms with Crippen LogP contribution in [0.1, 0.15) is 27.0 Å². The lowest BCUT2D eigenvalue weighted by molar-refractivity contribution is -0.113. The summed E-state index contributed by atoms with van der Waals surface area (Å²) in [5.41, 5.74) is 4.16. The van der Waals surface area contributed by atoms with Crippen LogP contribution in [0.5, 0.6) is 5.75 Å². The topological polar surface area (TPSA) is 68.2 Å². The van der Waals surface area contributed by atoms with Gasteiger partial charge in [0, 0.05) is 5.56 Å². The summed E-state index contributed by atoms with van der Waals surface area (Å²) in [6.45, 7) is 2.01. The number of carbonyl (C=O) groups is 2. The highest BCUT2D eigenvalue weighted by Crippen LogP contribution is 2.29. The van der Waals surface area contributed by atoms with E-state index in [1.165, 1.54) is 7.11 Å². The third kappa shape index (κ3) is 4.16. The van der Waals surface area contributed by atoms with E-state index in [-0.39, 0.29) is 5.91 Å². The van der Waals surface area contributed by atoms with Crippen molar-refractivity contribution in [1.29, 1.82) is 0 Å². The first-order valence-corrected chi connectivity index (χ1v) is 10.0. The number of hydrogen-bond donors (Lipinski definition) is 0. The van der Waals surface area contributed by atoms with Crippen molar-refractivity contribution in [1.82, 2.24) is 0 Å². The van der Waals surface area contributed by atoms with Crippen molar-refractivity contribution in [3.05, 3.63) is 101 Å². The van der Waals surface area contributed by atoms with Gasteiger partial charge in [0.2, 0.25) is 0 Å². The number of amides is 1. The van der Waals surface area contributed by atoms with Gasteiger partial charge in [0.25, 0.3) is 5.91 Å². The normalized spacial score (nSPS) is 14.5. The first-order valence-electron chi connectivity index (χ1n) is 10.0. The molecule has 6 heteroatoms. The molecule has 3 aromatic rings. The van der Waals surface area contributed by atoms with Crippen LogP contribution in [0.25, 0.3) is 6.08 Å². The quantitative estimate of drug-likeness (QED) is 0.441. The number of nitrogens with zero attached hydrogens (tertiary/aromatic N) is 2. The molecule has 0 radical (unpaired) electrons. The lowest BCUT2D eigenvalue weighted by Crippen LogP contribution is -2.32. The number of carbonyl (C=O) groups excluding carboxylic acids is 2. The smallest absolute Gasteiger partial charge is 0.337 e. The standard InChI is InChI=1S/C26H22N2O4/c1-17-4-8-19(9-5-17)24-27-23(16-18-6-10-20(11-7-18)26(30)32-3)25(29)28(24)21-12-14-22(31-2)15-13-21/h4-16H,1-3H3. The van der Waals surface area contributed by atoms with Crippen LogP contribution in [0.15, 0.2) is 83.5 Å². The number of esters is 1. The molecule has 0 N–H and O–H groups in total. The minimum absolute atomic E-state index is 0.234. The molecule has 0 aliphatic carbocycles. The van der Waals surface area contributed by atoms with Crippen molar-refractivity contribution in [2.45, 2.75) is 6.92 Å². The van der Waals surface area contributed by atoms with Gasteiger partial charge in [-0.2, -0.15) is 0 Å². The number of methoxy groups -OCH3 is 2. The van der Waals surface area contributed by atoms with Crippen molar-refractivity contribution >= 4 is 29.5 Å². The van der Waals surface area contributed by atoms with Crippen molar-refractivity contribution < 1.29 is 19.1 Å². The van der Waals surface area contributed by atoms with Crippen LogP contribution in [0, 0.1) is 6.92 Å². The molecule has 6 nitrogen and oxygen atoms in total. The predicted octanol–water partition coefficient (Wildman–Crippen LogP) is 4.62. The third-order valence-corrected chi connectivity index (χ3v) is 5.14. The summed E-state index contributed by atoms with van der Waals surface area (Å²) >= 11 is 0. The predicted molar refractivity (Wildman–Crippen MR) is 124 cm³/mol. The molecule has 0 atom stereocenters. The van der Waals surface area contributed by atoms with E-state index in [1.807, 2.05) is 55.5 Å².